The number of nitrogens with two attached hydrogens (primary N) is 1. The SMILES string of the molecule is CNC(=O)C1OC1C(N)=O. The number of epoxide rings is 1. The smallest absolute Gasteiger partial charge is 0.252 e. The molecule has 0 aromatic heterocycles. The minimum Gasteiger partial charge on any atom is -0.367 e. The molecule has 0 saturated carbocycles. The first-order chi connectivity index (χ1) is 4.66. The molecule has 2 amide bonds. The lowest BCUT2D eigenvalue weighted by atomic mass is 10.3. The van der Waals surface area contributed by atoms with Gasteiger partial charge >= 0.3 is 0 Å². The van der Waals surface area contributed by atoms with Crippen LogP contribution < -0.4 is 11.1 Å². The fraction of sp³-hybridized carbons (Fsp3) is 0.600. The van der Waals surface area contributed by atoms with Gasteiger partial charge in [-0.25, -0.2) is 0 Å². The molecule has 5 heteroatoms. The van der Waals surface area contributed by atoms with Crippen LogP contribution in [-0.4, -0.2) is 31.1 Å². The normalized spacial score (nSPS) is 29.3. The van der Waals surface area contributed by atoms with Gasteiger partial charge < -0.3 is 15.8 Å². The molecule has 2 unspecified atom stereocenters. The number of carbonyl (C=O) groups is 2. The molecule has 1 aliphatic heterocycles. The first-order valence-corrected chi connectivity index (χ1v) is 2.83. The van der Waals surface area contributed by atoms with E-state index < -0.39 is 18.1 Å². The molecule has 1 fully saturated rings. The van der Waals surface area contributed by atoms with Crippen LogP contribution in [-0.2, 0) is 14.3 Å². The Bertz CT molecular complexity index is 180. The summed E-state index contributed by atoms with van der Waals surface area (Å²) in [6.07, 6.45) is -1.36. The van der Waals surface area contributed by atoms with E-state index in [1.807, 2.05) is 0 Å². The molecule has 0 radical (unpaired) electrons. The Hall–Kier alpha value is -1.10. The summed E-state index contributed by atoms with van der Waals surface area (Å²) in [7, 11) is 1.47. The van der Waals surface area contributed by atoms with Crippen LogP contribution >= 0.6 is 0 Å². The number of carbonyl (C=O) groups excluding carboxylic acids is 2. The summed E-state index contributed by atoms with van der Waals surface area (Å²) in [6.45, 7) is 0. The zero-order valence-corrected chi connectivity index (χ0v) is 5.46. The molecule has 5 nitrogen and oxygen atoms in total. The average molecular weight is 144 g/mol. The molecule has 0 aromatic rings. The third-order valence-corrected chi connectivity index (χ3v) is 1.28. The summed E-state index contributed by atoms with van der Waals surface area (Å²) >= 11 is 0. The Balaban J connectivity index is 2.38. The molecule has 10 heavy (non-hydrogen) atoms. The van der Waals surface area contributed by atoms with E-state index in [0.717, 1.165) is 0 Å². The van der Waals surface area contributed by atoms with Crippen molar-refractivity contribution < 1.29 is 14.3 Å². The molecule has 1 heterocycles. The lowest BCUT2D eigenvalue weighted by molar-refractivity contribution is -0.122. The van der Waals surface area contributed by atoms with Gasteiger partial charge in [0.2, 0.25) is 5.91 Å². The maximum absolute atomic E-state index is 10.6. The quantitative estimate of drug-likeness (QED) is 0.439. The van der Waals surface area contributed by atoms with Crippen LogP contribution in [0.15, 0.2) is 0 Å². The van der Waals surface area contributed by atoms with Crippen LogP contribution in [0.5, 0.6) is 0 Å². The summed E-state index contributed by atoms with van der Waals surface area (Å²) in [6, 6.07) is 0. The van der Waals surface area contributed by atoms with Crippen molar-refractivity contribution in [2.45, 2.75) is 12.2 Å². The Morgan fingerprint density at radius 1 is 1.50 bits per heavy atom. The van der Waals surface area contributed by atoms with Crippen molar-refractivity contribution in [1.29, 1.82) is 0 Å². The van der Waals surface area contributed by atoms with Gasteiger partial charge in [-0.05, 0) is 0 Å². The summed E-state index contributed by atoms with van der Waals surface area (Å²) in [4.78, 5) is 21.0. The van der Waals surface area contributed by atoms with E-state index in [0.29, 0.717) is 0 Å². The lowest BCUT2D eigenvalue weighted by Gasteiger charge is -1.89. The van der Waals surface area contributed by atoms with Crippen molar-refractivity contribution in [2.24, 2.45) is 5.73 Å². The van der Waals surface area contributed by atoms with Crippen molar-refractivity contribution >= 4 is 11.8 Å². The number of rotatable bonds is 2. The van der Waals surface area contributed by atoms with E-state index >= 15 is 0 Å². The van der Waals surface area contributed by atoms with Crippen LogP contribution in [0.1, 0.15) is 0 Å². The molecule has 0 bridgehead atoms. The van der Waals surface area contributed by atoms with Gasteiger partial charge in [0.25, 0.3) is 5.91 Å². The van der Waals surface area contributed by atoms with Crippen molar-refractivity contribution in [3.05, 3.63) is 0 Å². The van der Waals surface area contributed by atoms with Crippen molar-refractivity contribution in [3.8, 4) is 0 Å². The van der Waals surface area contributed by atoms with E-state index in [-0.39, 0.29) is 5.91 Å². The monoisotopic (exact) mass is 144 g/mol. The van der Waals surface area contributed by atoms with Crippen LogP contribution in [0.25, 0.3) is 0 Å². The highest BCUT2D eigenvalue weighted by atomic mass is 16.6. The minimum absolute atomic E-state index is 0.302. The van der Waals surface area contributed by atoms with Gasteiger partial charge in [-0.3, -0.25) is 9.59 Å². The molecule has 0 aromatic carbocycles. The van der Waals surface area contributed by atoms with Gasteiger partial charge in [0.05, 0.1) is 0 Å². The highest BCUT2D eigenvalue weighted by Crippen LogP contribution is 2.20. The van der Waals surface area contributed by atoms with E-state index in [1.165, 1.54) is 7.05 Å². The van der Waals surface area contributed by atoms with Crippen molar-refractivity contribution in [3.63, 3.8) is 0 Å². The molecule has 1 saturated heterocycles. The highest BCUT2D eigenvalue weighted by molar-refractivity contribution is 5.94. The largest absolute Gasteiger partial charge is 0.367 e. The lowest BCUT2D eigenvalue weighted by Crippen LogP contribution is -2.29. The highest BCUT2D eigenvalue weighted by Gasteiger charge is 2.48. The summed E-state index contributed by atoms with van der Waals surface area (Å²) in [5.74, 6) is -0.891. The number of hydrogen-bond acceptors (Lipinski definition) is 3. The van der Waals surface area contributed by atoms with E-state index in [9.17, 15) is 9.59 Å². The van der Waals surface area contributed by atoms with E-state index in [1.54, 1.807) is 0 Å². The van der Waals surface area contributed by atoms with Crippen LogP contribution in [0.3, 0.4) is 0 Å². The third-order valence-electron chi connectivity index (χ3n) is 1.28. The molecule has 56 valence electrons. The number of hydrogen-bond donors (Lipinski definition) is 2. The van der Waals surface area contributed by atoms with Gasteiger partial charge in [-0.15, -0.1) is 0 Å². The topological polar surface area (TPSA) is 84.7 Å². The maximum Gasteiger partial charge on any atom is 0.252 e. The van der Waals surface area contributed by atoms with Gasteiger partial charge in [0, 0.05) is 7.05 Å². The molecule has 1 aliphatic rings. The zero-order chi connectivity index (χ0) is 7.72. The zero-order valence-electron chi connectivity index (χ0n) is 5.46. The van der Waals surface area contributed by atoms with E-state index in [4.69, 9.17) is 5.73 Å². The number of primary amides is 1. The maximum atomic E-state index is 10.6. The second-order valence-corrected chi connectivity index (χ2v) is 1.99. The van der Waals surface area contributed by atoms with Crippen molar-refractivity contribution in [1.82, 2.24) is 5.32 Å². The standard InChI is InChI=1S/C5H8N2O3/c1-7-5(9)3-2(10-3)4(6)8/h2-3H,1H3,(H2,6,8)(H,7,9). The Labute approximate surface area is 57.5 Å². The Morgan fingerprint density at radius 3 is 2.40 bits per heavy atom. The first kappa shape index (κ1) is 7.01. The van der Waals surface area contributed by atoms with Crippen LogP contribution in [0.2, 0.25) is 0 Å². The van der Waals surface area contributed by atoms with Crippen LogP contribution in [0.4, 0.5) is 0 Å². The average Bonchev–Trinajstić information content (AvgIpc) is 2.64. The van der Waals surface area contributed by atoms with Gasteiger partial charge in [0.15, 0.2) is 12.2 Å². The van der Waals surface area contributed by atoms with Gasteiger partial charge in [-0.1, -0.05) is 0 Å². The molecule has 3 N–H and O–H groups in total. The first-order valence-electron chi connectivity index (χ1n) is 2.83. The predicted octanol–water partition coefficient (Wildman–Crippen LogP) is -2.01. The molecule has 2 atom stereocenters. The second-order valence-electron chi connectivity index (χ2n) is 1.99. The van der Waals surface area contributed by atoms with Gasteiger partial charge in [0.1, 0.15) is 0 Å². The summed E-state index contributed by atoms with van der Waals surface area (Å²) in [5.41, 5.74) is 4.84. The number of ether oxygens (including phenoxy) is 1. The second kappa shape index (κ2) is 2.26. The third kappa shape index (κ3) is 1.08. The predicted molar refractivity (Wildman–Crippen MR) is 31.9 cm³/mol. The Kier molecular flexibility index (Phi) is 1.58. The Morgan fingerprint density at radius 2 is 2.10 bits per heavy atom. The summed E-state index contributed by atoms with van der Waals surface area (Å²) < 4.78 is 4.64. The van der Waals surface area contributed by atoms with E-state index in [2.05, 4.69) is 10.1 Å². The number of likely N-dealkylation sites (N-methyl/N-ethyl adjacent to an activating group) is 1. The minimum atomic E-state index is -0.708. The molecule has 0 aliphatic carbocycles. The molecular weight excluding hydrogens is 136 g/mol. The van der Waals surface area contributed by atoms with Gasteiger partial charge in [-0.2, -0.15) is 0 Å². The fourth-order valence-electron chi connectivity index (χ4n) is 0.670. The van der Waals surface area contributed by atoms with Crippen molar-refractivity contribution in [2.75, 3.05) is 7.05 Å². The fourth-order valence-corrected chi connectivity index (χ4v) is 0.670. The molecule has 1 rings (SSSR count). The molecule has 0 spiro atoms. The summed E-state index contributed by atoms with van der Waals surface area (Å²) in [5, 5.41) is 2.34. The molecular formula is C5H8N2O3. The number of amides is 2. The van der Waals surface area contributed by atoms with Crippen LogP contribution in [0, 0.1) is 0 Å². The number of nitrogens with one attached hydrogen (secondary N) is 1.